The molecule has 0 aliphatic heterocycles. The van der Waals surface area contributed by atoms with Crippen molar-refractivity contribution in [1.29, 1.82) is 0 Å². The van der Waals surface area contributed by atoms with Crippen molar-refractivity contribution >= 4 is 23.9 Å². The summed E-state index contributed by atoms with van der Waals surface area (Å²) >= 11 is 0. The number of primary amides is 1. The number of hydrogen-bond acceptors (Lipinski definition) is 4. The fourth-order valence-electron chi connectivity index (χ4n) is 1.81. The predicted molar refractivity (Wildman–Crippen MR) is 75.1 cm³/mol. The molecule has 1 aromatic rings. The third-order valence-electron chi connectivity index (χ3n) is 2.99. The molecule has 1 aromatic heterocycles. The molecule has 8 heteroatoms. The van der Waals surface area contributed by atoms with Crippen LogP contribution in [0.5, 0.6) is 0 Å². The fourth-order valence-corrected chi connectivity index (χ4v) is 1.81. The van der Waals surface area contributed by atoms with Crippen LogP contribution >= 0.6 is 0 Å². The second kappa shape index (κ2) is 6.69. The molecule has 0 aliphatic carbocycles. The van der Waals surface area contributed by atoms with Gasteiger partial charge in [0.1, 0.15) is 6.04 Å². The van der Waals surface area contributed by atoms with Gasteiger partial charge in [0.05, 0.1) is 12.1 Å². The number of hydrogen-bond donors (Lipinski definition) is 3. The number of carboxylic acid groups (broad SMARTS) is 1. The molecule has 0 radical (unpaired) electrons. The van der Waals surface area contributed by atoms with Gasteiger partial charge in [0, 0.05) is 24.4 Å². The average molecular weight is 294 g/mol. The minimum absolute atomic E-state index is 0.458. The van der Waals surface area contributed by atoms with Crippen molar-refractivity contribution in [3.63, 3.8) is 0 Å². The van der Waals surface area contributed by atoms with Gasteiger partial charge in [-0.3, -0.25) is 14.3 Å². The highest BCUT2D eigenvalue weighted by Crippen LogP contribution is 2.13. The summed E-state index contributed by atoms with van der Waals surface area (Å²) in [5.74, 6) is -2.73. The van der Waals surface area contributed by atoms with Crippen LogP contribution in [0.15, 0.2) is 6.08 Å². The van der Waals surface area contributed by atoms with Crippen molar-refractivity contribution in [1.82, 2.24) is 15.1 Å². The fraction of sp³-hybridized carbons (Fsp3) is 0.385. The molecule has 0 fully saturated rings. The van der Waals surface area contributed by atoms with Crippen LogP contribution in [0.1, 0.15) is 23.4 Å². The molecule has 0 aromatic carbocycles. The van der Waals surface area contributed by atoms with Gasteiger partial charge < -0.3 is 16.2 Å². The Labute approximate surface area is 121 Å². The van der Waals surface area contributed by atoms with E-state index in [-0.39, 0.29) is 0 Å². The third-order valence-corrected chi connectivity index (χ3v) is 2.99. The van der Waals surface area contributed by atoms with Gasteiger partial charge in [0.15, 0.2) is 0 Å². The monoisotopic (exact) mass is 294 g/mol. The van der Waals surface area contributed by atoms with E-state index in [1.165, 1.54) is 6.08 Å². The maximum absolute atomic E-state index is 11.7. The number of aromatic nitrogens is 2. The normalized spacial score (nSPS) is 12.3. The van der Waals surface area contributed by atoms with Gasteiger partial charge in [-0.2, -0.15) is 5.10 Å². The summed E-state index contributed by atoms with van der Waals surface area (Å²) in [6.07, 6.45) is 2.30. The van der Waals surface area contributed by atoms with Gasteiger partial charge in [-0.1, -0.05) is 0 Å². The first-order chi connectivity index (χ1) is 9.72. The molecule has 1 heterocycles. The van der Waals surface area contributed by atoms with Crippen LogP contribution in [0, 0.1) is 13.8 Å². The molecule has 0 spiro atoms. The van der Waals surface area contributed by atoms with Gasteiger partial charge in [-0.15, -0.1) is 0 Å². The number of nitrogens with zero attached hydrogens (tertiary/aromatic N) is 2. The molecule has 8 nitrogen and oxygen atoms in total. The first-order valence-electron chi connectivity index (χ1n) is 6.22. The van der Waals surface area contributed by atoms with Crippen molar-refractivity contribution in [3.8, 4) is 0 Å². The SMILES string of the molecule is Cc1nn(C)c(C)c1C=CC(=O)N[C@@H](CC(N)=O)C(=O)O. The van der Waals surface area contributed by atoms with E-state index in [4.69, 9.17) is 10.8 Å². The van der Waals surface area contributed by atoms with E-state index in [1.807, 2.05) is 6.92 Å². The number of carboxylic acids is 1. The Morgan fingerprint density at radius 2 is 2.05 bits per heavy atom. The first-order valence-corrected chi connectivity index (χ1v) is 6.22. The molecule has 4 N–H and O–H groups in total. The van der Waals surface area contributed by atoms with Gasteiger partial charge in [0.2, 0.25) is 11.8 Å². The number of rotatable bonds is 6. The van der Waals surface area contributed by atoms with E-state index in [0.29, 0.717) is 0 Å². The smallest absolute Gasteiger partial charge is 0.326 e. The lowest BCUT2D eigenvalue weighted by molar-refractivity contribution is -0.142. The molecule has 21 heavy (non-hydrogen) atoms. The van der Waals surface area contributed by atoms with Crippen LogP contribution < -0.4 is 11.1 Å². The van der Waals surface area contributed by atoms with Gasteiger partial charge >= 0.3 is 5.97 Å². The van der Waals surface area contributed by atoms with E-state index >= 15 is 0 Å². The van der Waals surface area contributed by atoms with Crippen LogP contribution in [0.2, 0.25) is 0 Å². The summed E-state index contributed by atoms with van der Waals surface area (Å²) in [5, 5.41) is 15.3. The second-order valence-corrected chi connectivity index (χ2v) is 4.61. The molecule has 2 amide bonds. The van der Waals surface area contributed by atoms with Crippen LogP contribution in [0.4, 0.5) is 0 Å². The number of aliphatic carboxylic acids is 1. The first kappa shape index (κ1) is 16.4. The van der Waals surface area contributed by atoms with Crippen molar-refractivity contribution in [2.75, 3.05) is 0 Å². The zero-order chi connectivity index (χ0) is 16.2. The molecule has 1 rings (SSSR count). The molecule has 0 unspecified atom stereocenters. The van der Waals surface area contributed by atoms with Crippen LogP contribution in [-0.4, -0.2) is 38.7 Å². The number of amides is 2. The van der Waals surface area contributed by atoms with Crippen molar-refractivity contribution in [3.05, 3.63) is 23.0 Å². The number of carbonyl (C=O) groups is 3. The number of aryl methyl sites for hydroxylation is 2. The van der Waals surface area contributed by atoms with Gasteiger partial charge in [-0.05, 0) is 19.9 Å². The maximum atomic E-state index is 11.7. The Bertz CT molecular complexity index is 604. The Balaban J connectivity index is 2.78. The predicted octanol–water partition coefficient (Wildman–Crippen LogP) is -0.505. The molecule has 0 saturated carbocycles. The molecule has 1 atom stereocenters. The Hall–Kier alpha value is -2.64. The number of nitrogens with two attached hydrogens (primary N) is 1. The minimum Gasteiger partial charge on any atom is -0.480 e. The lowest BCUT2D eigenvalue weighted by Crippen LogP contribution is -2.42. The Morgan fingerprint density at radius 1 is 1.43 bits per heavy atom. The molecule has 114 valence electrons. The highest BCUT2D eigenvalue weighted by Gasteiger charge is 2.21. The standard InChI is InChI=1S/C13H18N4O4/c1-7-9(8(2)17(3)16-7)4-5-12(19)15-10(13(20)21)6-11(14)18/h4-5,10H,6H2,1-3H3,(H2,14,18)(H,15,19)(H,20,21)/t10-/m0/s1. The molecule has 0 saturated heterocycles. The largest absolute Gasteiger partial charge is 0.480 e. The highest BCUT2D eigenvalue weighted by atomic mass is 16.4. The zero-order valence-corrected chi connectivity index (χ0v) is 12.1. The van der Waals surface area contributed by atoms with E-state index < -0.39 is 30.2 Å². The van der Waals surface area contributed by atoms with Crippen LogP contribution in [0.3, 0.4) is 0 Å². The van der Waals surface area contributed by atoms with E-state index in [2.05, 4.69) is 10.4 Å². The molecular formula is C13H18N4O4. The summed E-state index contributed by atoms with van der Waals surface area (Å²) < 4.78 is 1.68. The van der Waals surface area contributed by atoms with Gasteiger partial charge in [-0.25, -0.2) is 4.79 Å². The molecule has 0 bridgehead atoms. The summed E-state index contributed by atoms with van der Waals surface area (Å²) in [6.45, 7) is 3.66. The van der Waals surface area contributed by atoms with Crippen molar-refractivity contribution in [2.24, 2.45) is 12.8 Å². The maximum Gasteiger partial charge on any atom is 0.326 e. The van der Waals surface area contributed by atoms with Crippen molar-refractivity contribution < 1.29 is 19.5 Å². The molecular weight excluding hydrogens is 276 g/mol. The lowest BCUT2D eigenvalue weighted by Gasteiger charge is -2.10. The zero-order valence-electron chi connectivity index (χ0n) is 12.1. The summed E-state index contributed by atoms with van der Waals surface area (Å²) in [4.78, 5) is 33.3. The Kier molecular flexibility index (Phi) is 5.23. The van der Waals surface area contributed by atoms with Gasteiger partial charge in [0.25, 0.3) is 0 Å². The summed E-state index contributed by atoms with van der Waals surface area (Å²) in [7, 11) is 1.78. The lowest BCUT2D eigenvalue weighted by atomic mass is 10.1. The number of carbonyl (C=O) groups excluding carboxylic acids is 2. The van der Waals surface area contributed by atoms with Crippen LogP contribution in [-0.2, 0) is 21.4 Å². The summed E-state index contributed by atoms with van der Waals surface area (Å²) in [5.41, 5.74) is 7.35. The van der Waals surface area contributed by atoms with Crippen molar-refractivity contribution in [2.45, 2.75) is 26.3 Å². The average Bonchev–Trinajstić information content (AvgIpc) is 2.60. The topological polar surface area (TPSA) is 127 Å². The summed E-state index contributed by atoms with van der Waals surface area (Å²) in [6, 6.07) is -1.34. The third kappa shape index (κ3) is 4.44. The highest BCUT2D eigenvalue weighted by molar-refractivity contribution is 5.95. The minimum atomic E-state index is -1.34. The second-order valence-electron chi connectivity index (χ2n) is 4.61. The Morgan fingerprint density at radius 3 is 2.48 bits per heavy atom. The number of nitrogens with one attached hydrogen (secondary N) is 1. The van der Waals surface area contributed by atoms with E-state index in [0.717, 1.165) is 17.0 Å². The quantitative estimate of drug-likeness (QED) is 0.609. The van der Waals surface area contributed by atoms with E-state index in [9.17, 15) is 14.4 Å². The van der Waals surface area contributed by atoms with E-state index in [1.54, 1.807) is 24.7 Å². The molecule has 0 aliphatic rings. The van der Waals surface area contributed by atoms with Crippen LogP contribution in [0.25, 0.3) is 6.08 Å².